The zero-order valence-electron chi connectivity index (χ0n) is 9.28. The van der Waals surface area contributed by atoms with Gasteiger partial charge in [-0.2, -0.15) is 0 Å². The molecule has 0 fully saturated rings. The van der Waals surface area contributed by atoms with E-state index in [0.717, 1.165) is 3.79 Å². The van der Waals surface area contributed by atoms with E-state index in [4.69, 9.17) is 5.11 Å². The van der Waals surface area contributed by atoms with Gasteiger partial charge in [-0.1, -0.05) is 18.3 Å². The molecule has 0 aliphatic rings. The van der Waals surface area contributed by atoms with Crippen molar-refractivity contribution >= 4 is 44.4 Å². The van der Waals surface area contributed by atoms with Crippen molar-refractivity contribution in [1.82, 2.24) is 10.3 Å². The zero-order chi connectivity index (χ0) is 13.1. The SMILES string of the molecule is CCC(C)(NC(=O)Nc1ncc(Br)s1)C(=O)O. The Labute approximate surface area is 111 Å². The quantitative estimate of drug-likeness (QED) is 0.793. The third-order valence-electron chi connectivity index (χ3n) is 2.27. The summed E-state index contributed by atoms with van der Waals surface area (Å²) in [4.78, 5) is 26.5. The Morgan fingerprint density at radius 3 is 2.71 bits per heavy atom. The molecule has 0 saturated heterocycles. The highest BCUT2D eigenvalue weighted by Crippen LogP contribution is 2.23. The number of urea groups is 1. The van der Waals surface area contributed by atoms with Crippen LogP contribution in [0.5, 0.6) is 0 Å². The highest BCUT2D eigenvalue weighted by molar-refractivity contribution is 9.11. The van der Waals surface area contributed by atoms with Gasteiger partial charge in [0.05, 0.1) is 9.98 Å². The lowest BCUT2D eigenvalue weighted by atomic mass is 10.00. The summed E-state index contributed by atoms with van der Waals surface area (Å²) in [6.07, 6.45) is 1.84. The summed E-state index contributed by atoms with van der Waals surface area (Å²) in [5, 5.41) is 14.3. The van der Waals surface area contributed by atoms with Gasteiger partial charge in [0.1, 0.15) is 5.54 Å². The lowest BCUT2D eigenvalue weighted by molar-refractivity contribution is -0.143. The Morgan fingerprint density at radius 1 is 1.65 bits per heavy atom. The van der Waals surface area contributed by atoms with Crippen LogP contribution in [0.25, 0.3) is 0 Å². The van der Waals surface area contributed by atoms with Crippen molar-refractivity contribution < 1.29 is 14.7 Å². The third kappa shape index (κ3) is 3.67. The monoisotopic (exact) mass is 321 g/mol. The number of nitrogens with one attached hydrogen (secondary N) is 2. The van der Waals surface area contributed by atoms with Gasteiger partial charge < -0.3 is 10.4 Å². The van der Waals surface area contributed by atoms with Crippen molar-refractivity contribution in [2.75, 3.05) is 5.32 Å². The molecule has 3 N–H and O–H groups in total. The van der Waals surface area contributed by atoms with Crippen LogP contribution in [0.3, 0.4) is 0 Å². The number of aromatic nitrogens is 1. The van der Waals surface area contributed by atoms with E-state index >= 15 is 0 Å². The van der Waals surface area contributed by atoms with E-state index in [0.29, 0.717) is 5.13 Å². The fraction of sp³-hybridized carbons (Fsp3) is 0.444. The van der Waals surface area contributed by atoms with E-state index in [2.05, 4.69) is 31.5 Å². The molecule has 1 aromatic rings. The number of carbonyl (C=O) groups excluding carboxylic acids is 1. The molecular formula is C9H12BrN3O3S. The van der Waals surface area contributed by atoms with E-state index in [1.54, 1.807) is 13.1 Å². The number of carboxylic acids is 1. The van der Waals surface area contributed by atoms with Gasteiger partial charge in [-0.25, -0.2) is 14.6 Å². The predicted molar refractivity (Wildman–Crippen MR) is 68.3 cm³/mol. The molecule has 1 aromatic heterocycles. The molecule has 0 aromatic carbocycles. The van der Waals surface area contributed by atoms with Crippen molar-refractivity contribution in [3.63, 3.8) is 0 Å². The van der Waals surface area contributed by atoms with Crippen LogP contribution in [0.4, 0.5) is 9.93 Å². The summed E-state index contributed by atoms with van der Waals surface area (Å²) >= 11 is 4.45. The van der Waals surface area contributed by atoms with Gasteiger partial charge in [0.2, 0.25) is 0 Å². The molecule has 6 nitrogen and oxygen atoms in total. The van der Waals surface area contributed by atoms with Gasteiger partial charge in [0, 0.05) is 0 Å². The fourth-order valence-corrected chi connectivity index (χ4v) is 2.09. The molecule has 0 aliphatic heterocycles. The maximum Gasteiger partial charge on any atom is 0.329 e. The van der Waals surface area contributed by atoms with Crippen LogP contribution in [0.2, 0.25) is 0 Å². The summed E-state index contributed by atoms with van der Waals surface area (Å²) in [5.41, 5.74) is -1.28. The number of hydrogen-bond acceptors (Lipinski definition) is 4. The second-order valence-electron chi connectivity index (χ2n) is 3.54. The van der Waals surface area contributed by atoms with Crippen molar-refractivity contribution in [2.45, 2.75) is 25.8 Å². The zero-order valence-corrected chi connectivity index (χ0v) is 11.7. The molecule has 17 heavy (non-hydrogen) atoms. The first-order valence-corrected chi connectivity index (χ1v) is 6.42. The maximum atomic E-state index is 11.6. The van der Waals surface area contributed by atoms with Crippen molar-refractivity contribution in [3.8, 4) is 0 Å². The third-order valence-corrected chi connectivity index (χ3v) is 3.66. The molecule has 0 bridgehead atoms. The van der Waals surface area contributed by atoms with Gasteiger partial charge in [-0.05, 0) is 29.3 Å². The Morgan fingerprint density at radius 2 is 2.29 bits per heavy atom. The molecule has 1 unspecified atom stereocenters. The molecule has 94 valence electrons. The normalized spacial score (nSPS) is 13.8. The second kappa shape index (κ2) is 5.46. The summed E-state index contributed by atoms with van der Waals surface area (Å²) in [7, 11) is 0. The van der Waals surface area contributed by atoms with Crippen LogP contribution >= 0.6 is 27.3 Å². The van der Waals surface area contributed by atoms with E-state index < -0.39 is 17.5 Å². The number of rotatable bonds is 4. The Hall–Kier alpha value is -1.15. The smallest absolute Gasteiger partial charge is 0.329 e. The highest BCUT2D eigenvalue weighted by atomic mass is 79.9. The van der Waals surface area contributed by atoms with Gasteiger partial charge in [-0.15, -0.1) is 0 Å². The van der Waals surface area contributed by atoms with Crippen LogP contribution in [-0.4, -0.2) is 27.6 Å². The van der Waals surface area contributed by atoms with Crippen molar-refractivity contribution in [3.05, 3.63) is 9.98 Å². The molecule has 8 heteroatoms. The van der Waals surface area contributed by atoms with Gasteiger partial charge in [0.15, 0.2) is 5.13 Å². The summed E-state index contributed by atoms with van der Waals surface area (Å²) in [6, 6.07) is -0.585. The maximum absolute atomic E-state index is 11.6. The number of thiazole rings is 1. The molecule has 1 rings (SSSR count). The number of hydrogen-bond donors (Lipinski definition) is 3. The minimum Gasteiger partial charge on any atom is -0.480 e. The first-order chi connectivity index (χ1) is 7.87. The molecule has 0 radical (unpaired) electrons. The molecule has 0 spiro atoms. The number of halogens is 1. The first-order valence-electron chi connectivity index (χ1n) is 4.81. The minimum absolute atomic E-state index is 0.289. The number of nitrogens with zero attached hydrogens (tertiary/aromatic N) is 1. The van der Waals surface area contributed by atoms with Crippen molar-refractivity contribution in [1.29, 1.82) is 0 Å². The molecule has 0 aliphatic carbocycles. The summed E-state index contributed by atoms with van der Waals surface area (Å²) in [5.74, 6) is -1.07. The number of aliphatic carboxylic acids is 1. The van der Waals surface area contributed by atoms with Gasteiger partial charge >= 0.3 is 12.0 Å². The summed E-state index contributed by atoms with van der Waals surface area (Å²) in [6.45, 7) is 3.14. The Bertz CT molecular complexity index is 437. The van der Waals surface area contributed by atoms with Crippen LogP contribution < -0.4 is 10.6 Å². The van der Waals surface area contributed by atoms with Crippen LogP contribution in [0.1, 0.15) is 20.3 Å². The Kier molecular flexibility index (Phi) is 4.47. The van der Waals surface area contributed by atoms with Crippen molar-refractivity contribution in [2.24, 2.45) is 0 Å². The second-order valence-corrected chi connectivity index (χ2v) is 5.95. The average molecular weight is 322 g/mol. The summed E-state index contributed by atoms with van der Waals surface area (Å²) < 4.78 is 0.782. The first kappa shape index (κ1) is 13.9. The van der Waals surface area contributed by atoms with E-state index in [1.165, 1.54) is 18.3 Å². The van der Waals surface area contributed by atoms with Crippen LogP contribution in [0.15, 0.2) is 9.98 Å². The lowest BCUT2D eigenvalue weighted by Crippen LogP contribution is -2.53. The van der Waals surface area contributed by atoms with E-state index in [1.807, 2.05) is 0 Å². The molecule has 0 saturated carbocycles. The largest absolute Gasteiger partial charge is 0.480 e. The van der Waals surface area contributed by atoms with E-state index in [9.17, 15) is 9.59 Å². The number of anilines is 1. The van der Waals surface area contributed by atoms with Gasteiger partial charge in [0.25, 0.3) is 0 Å². The molecular weight excluding hydrogens is 310 g/mol. The molecule has 1 heterocycles. The van der Waals surface area contributed by atoms with E-state index in [-0.39, 0.29) is 6.42 Å². The number of carbonyl (C=O) groups is 2. The number of amides is 2. The number of carboxylic acid groups (broad SMARTS) is 1. The topological polar surface area (TPSA) is 91.3 Å². The minimum atomic E-state index is -1.28. The van der Waals surface area contributed by atoms with Crippen LogP contribution in [0, 0.1) is 0 Å². The lowest BCUT2D eigenvalue weighted by Gasteiger charge is -2.24. The Balaban J connectivity index is 2.63. The molecule has 1 atom stereocenters. The average Bonchev–Trinajstić information content (AvgIpc) is 2.63. The fourth-order valence-electron chi connectivity index (χ4n) is 0.984. The molecule has 2 amide bonds. The standard InChI is InChI=1S/C9H12BrN3O3S/c1-3-9(2,6(14)15)13-7(16)12-8-11-4-5(10)17-8/h4H,3H2,1-2H3,(H,14,15)(H2,11,12,13,16). The van der Waals surface area contributed by atoms with Gasteiger partial charge in [-0.3, -0.25) is 5.32 Å². The highest BCUT2D eigenvalue weighted by Gasteiger charge is 2.32. The predicted octanol–water partition coefficient (Wildman–Crippen LogP) is 2.28. The van der Waals surface area contributed by atoms with Crippen LogP contribution in [-0.2, 0) is 4.79 Å².